The third-order valence-corrected chi connectivity index (χ3v) is 5.47. The van der Waals surface area contributed by atoms with Crippen molar-refractivity contribution >= 4 is 40.4 Å². The fraction of sp³-hybridized carbons (Fsp3) is 0.474. The first kappa shape index (κ1) is 27.4. The van der Waals surface area contributed by atoms with Gasteiger partial charge >= 0.3 is 18.5 Å². The summed E-state index contributed by atoms with van der Waals surface area (Å²) in [4.78, 5) is 5.97. The summed E-state index contributed by atoms with van der Waals surface area (Å²) in [5, 5.41) is 2.22. The topological polar surface area (TPSA) is 52.0 Å². The van der Waals surface area contributed by atoms with Crippen molar-refractivity contribution in [1.29, 1.82) is 0 Å². The van der Waals surface area contributed by atoms with E-state index >= 15 is 0 Å². The Morgan fingerprint density at radius 2 is 1.54 bits per heavy atom. The van der Waals surface area contributed by atoms with Crippen molar-refractivity contribution in [3.05, 3.63) is 39.1 Å². The van der Waals surface area contributed by atoms with E-state index in [9.17, 15) is 39.5 Å². The van der Waals surface area contributed by atoms with Gasteiger partial charge in [-0.3, -0.25) is 5.01 Å². The Morgan fingerprint density at radius 1 is 0.943 bits per heavy atom. The van der Waals surface area contributed by atoms with Gasteiger partial charge in [0.25, 0.3) is 0 Å². The molecular formula is C19H16Cl2F9N5. The van der Waals surface area contributed by atoms with Crippen LogP contribution in [0.5, 0.6) is 0 Å². The van der Waals surface area contributed by atoms with Crippen molar-refractivity contribution in [1.82, 2.24) is 10.7 Å². The molecule has 1 unspecified atom stereocenters. The molecule has 0 bridgehead atoms. The lowest BCUT2D eigenvalue weighted by Crippen LogP contribution is -2.43. The van der Waals surface area contributed by atoms with Gasteiger partial charge in [0.05, 0.1) is 26.9 Å². The van der Waals surface area contributed by atoms with E-state index in [1.54, 1.807) is 0 Å². The van der Waals surface area contributed by atoms with E-state index in [0.717, 1.165) is 11.4 Å². The molecule has 0 saturated carbocycles. The first-order valence-electron chi connectivity index (χ1n) is 9.97. The van der Waals surface area contributed by atoms with Gasteiger partial charge in [-0.2, -0.15) is 44.9 Å². The number of aliphatic imine (C=N–C) groups is 2. The number of halogens is 11. The maximum absolute atomic E-state index is 13.8. The largest absolute Gasteiger partial charge is 0.451 e. The molecule has 35 heavy (non-hydrogen) atoms. The molecule has 0 amide bonds. The van der Waals surface area contributed by atoms with Gasteiger partial charge in [-0.1, -0.05) is 43.0 Å². The number of amidine groups is 1. The second-order valence-corrected chi connectivity index (χ2v) is 8.27. The third-order valence-electron chi connectivity index (χ3n) is 4.89. The lowest BCUT2D eigenvalue weighted by molar-refractivity contribution is -0.137. The monoisotopic (exact) mass is 555 g/mol. The number of hydrazine groups is 1. The maximum Gasteiger partial charge on any atom is 0.451 e. The van der Waals surface area contributed by atoms with Crippen molar-refractivity contribution in [3.63, 3.8) is 0 Å². The Hall–Kier alpha value is -2.19. The maximum atomic E-state index is 13.8. The average Bonchev–Trinajstić information content (AvgIpc) is 3.06. The van der Waals surface area contributed by atoms with Gasteiger partial charge in [-0.25, -0.2) is 9.98 Å². The fourth-order valence-corrected chi connectivity index (χ4v) is 4.04. The summed E-state index contributed by atoms with van der Waals surface area (Å²) in [5.41, 5.74) is -1.96. The smallest absolute Gasteiger partial charge is 0.370 e. The number of hydrogen-bond donors (Lipinski definition) is 2. The molecule has 1 aromatic carbocycles. The highest BCUT2D eigenvalue weighted by molar-refractivity contribution is 6.39. The number of hydrogen-bond acceptors (Lipinski definition) is 5. The molecule has 1 aromatic rings. The molecule has 2 aliphatic heterocycles. The third kappa shape index (κ3) is 5.80. The van der Waals surface area contributed by atoms with Crippen LogP contribution in [0.15, 0.2) is 33.5 Å². The van der Waals surface area contributed by atoms with Crippen molar-refractivity contribution in [2.75, 3.05) is 11.6 Å². The SMILES string of the molecule is CCCCCNC1=C2C(C(F)(F)F)=NC(C(F)(F)F)=NC2NN1c1c(Cl)cc(C(F)(F)F)cc1Cl. The van der Waals surface area contributed by atoms with Crippen LogP contribution in [-0.2, 0) is 6.18 Å². The highest BCUT2D eigenvalue weighted by Crippen LogP contribution is 2.44. The quantitative estimate of drug-likeness (QED) is 0.306. The van der Waals surface area contributed by atoms with Crippen LogP contribution < -0.4 is 15.8 Å². The van der Waals surface area contributed by atoms with E-state index < -0.39 is 68.9 Å². The van der Waals surface area contributed by atoms with Crippen LogP contribution in [0.1, 0.15) is 31.7 Å². The summed E-state index contributed by atoms with van der Waals surface area (Å²) >= 11 is 12.0. The molecule has 5 nitrogen and oxygen atoms in total. The number of benzene rings is 1. The van der Waals surface area contributed by atoms with Crippen molar-refractivity contribution in [2.24, 2.45) is 9.98 Å². The molecule has 0 aliphatic carbocycles. The molecule has 0 radical (unpaired) electrons. The lowest BCUT2D eigenvalue weighted by atomic mass is 10.1. The van der Waals surface area contributed by atoms with Gasteiger partial charge in [0.2, 0.25) is 5.84 Å². The van der Waals surface area contributed by atoms with Gasteiger partial charge in [-0.15, -0.1) is 0 Å². The average molecular weight is 556 g/mol. The van der Waals surface area contributed by atoms with E-state index in [-0.39, 0.29) is 6.54 Å². The second-order valence-electron chi connectivity index (χ2n) is 7.46. The summed E-state index contributed by atoms with van der Waals surface area (Å²) < 4.78 is 120. The molecule has 3 rings (SSSR count). The molecular weight excluding hydrogens is 540 g/mol. The molecule has 194 valence electrons. The molecule has 2 N–H and O–H groups in total. The Bertz CT molecular complexity index is 1050. The van der Waals surface area contributed by atoms with Crippen LogP contribution in [0, 0.1) is 0 Å². The Kier molecular flexibility index (Phi) is 7.59. The number of alkyl halides is 9. The number of unbranched alkanes of at least 4 members (excludes halogenated alkanes) is 2. The van der Waals surface area contributed by atoms with Crippen molar-refractivity contribution in [2.45, 2.75) is 50.9 Å². The number of rotatable bonds is 6. The minimum Gasteiger partial charge on any atom is -0.370 e. The van der Waals surface area contributed by atoms with Gasteiger partial charge < -0.3 is 5.32 Å². The minimum atomic E-state index is -5.32. The zero-order valence-corrected chi connectivity index (χ0v) is 19.1. The number of fused-ring (bicyclic) bond motifs is 1. The lowest BCUT2D eigenvalue weighted by Gasteiger charge is -2.26. The standard InChI is InChI=1S/C19H16Cl2F9N5/c1-2-3-4-5-31-15-11-13(18(25,26)27)32-16(19(28,29)30)33-14(11)34-35(15)12-9(20)6-8(7-10(12)21)17(22,23)24/h6-7,14,31,34H,2-5H2,1H3. The van der Waals surface area contributed by atoms with E-state index in [1.807, 2.05) is 6.92 Å². The summed E-state index contributed by atoms with van der Waals surface area (Å²) in [6.45, 7) is 1.94. The number of anilines is 1. The van der Waals surface area contributed by atoms with E-state index in [4.69, 9.17) is 23.2 Å². The van der Waals surface area contributed by atoms with Gasteiger partial charge in [0, 0.05) is 6.54 Å². The van der Waals surface area contributed by atoms with E-state index in [2.05, 4.69) is 20.7 Å². The van der Waals surface area contributed by atoms with Gasteiger partial charge in [0.15, 0.2) is 5.71 Å². The second kappa shape index (κ2) is 9.69. The molecule has 0 spiro atoms. The van der Waals surface area contributed by atoms with Crippen LogP contribution in [0.3, 0.4) is 0 Å². The minimum absolute atomic E-state index is 0.0778. The molecule has 2 aliphatic rings. The number of nitrogens with zero attached hydrogens (tertiary/aromatic N) is 3. The molecule has 16 heteroatoms. The van der Waals surface area contributed by atoms with Crippen LogP contribution in [0.25, 0.3) is 0 Å². The van der Waals surface area contributed by atoms with Crippen LogP contribution >= 0.6 is 23.2 Å². The van der Waals surface area contributed by atoms with Crippen molar-refractivity contribution < 1.29 is 39.5 Å². The Balaban J connectivity index is 2.19. The molecule has 0 saturated heterocycles. The first-order valence-corrected chi connectivity index (χ1v) is 10.7. The molecule has 0 aromatic heterocycles. The van der Waals surface area contributed by atoms with E-state index in [0.29, 0.717) is 25.0 Å². The summed E-state index contributed by atoms with van der Waals surface area (Å²) in [7, 11) is 0. The van der Waals surface area contributed by atoms with Gasteiger partial charge in [-0.05, 0) is 18.6 Å². The van der Waals surface area contributed by atoms with Crippen molar-refractivity contribution in [3.8, 4) is 0 Å². The Labute approximate surface area is 202 Å². The molecule has 0 fully saturated rings. The summed E-state index contributed by atoms with van der Waals surface area (Å²) in [5.74, 6) is -2.46. The predicted molar refractivity (Wildman–Crippen MR) is 112 cm³/mol. The highest BCUT2D eigenvalue weighted by Gasteiger charge is 2.52. The van der Waals surface area contributed by atoms with Gasteiger partial charge in [0.1, 0.15) is 12.0 Å². The zero-order chi connectivity index (χ0) is 26.3. The summed E-state index contributed by atoms with van der Waals surface area (Å²) in [6.07, 6.45) is -15.5. The predicted octanol–water partition coefficient (Wildman–Crippen LogP) is 6.63. The van der Waals surface area contributed by atoms with E-state index in [1.165, 1.54) is 0 Å². The van der Waals surface area contributed by atoms with Crippen LogP contribution in [0.2, 0.25) is 10.0 Å². The fourth-order valence-electron chi connectivity index (χ4n) is 3.38. The summed E-state index contributed by atoms with van der Waals surface area (Å²) in [6, 6.07) is 0.990. The number of nitrogens with one attached hydrogen (secondary N) is 2. The highest BCUT2D eigenvalue weighted by atomic mass is 35.5. The van der Waals surface area contributed by atoms with Crippen LogP contribution in [0.4, 0.5) is 45.2 Å². The molecule has 2 heterocycles. The van der Waals surface area contributed by atoms with Crippen LogP contribution in [-0.4, -0.2) is 36.6 Å². The Morgan fingerprint density at radius 3 is 2.03 bits per heavy atom. The molecule has 1 atom stereocenters. The zero-order valence-electron chi connectivity index (χ0n) is 17.6. The normalized spacial score (nSPS) is 19.1. The first-order chi connectivity index (χ1) is 16.1.